The Balaban J connectivity index is 2.14. The van der Waals surface area contributed by atoms with Crippen LogP contribution in [-0.2, 0) is 6.54 Å². The summed E-state index contributed by atoms with van der Waals surface area (Å²) in [4.78, 5) is 5.66. The van der Waals surface area contributed by atoms with Crippen LogP contribution < -0.4 is 5.73 Å². The minimum Gasteiger partial charge on any atom is -0.325 e. The molecule has 3 rings (SSSR count). The van der Waals surface area contributed by atoms with Gasteiger partial charge in [-0.1, -0.05) is 36.4 Å². The molecular weight excluding hydrogens is 283 g/mol. The van der Waals surface area contributed by atoms with E-state index in [0.717, 1.165) is 32.3 Å². The van der Waals surface area contributed by atoms with Crippen LogP contribution in [0.5, 0.6) is 0 Å². The second-order valence-electron chi connectivity index (χ2n) is 4.82. The van der Waals surface area contributed by atoms with Gasteiger partial charge in [0.2, 0.25) is 0 Å². The summed E-state index contributed by atoms with van der Waals surface area (Å²) in [7, 11) is 0. The Morgan fingerprint density at radius 3 is 2.62 bits per heavy atom. The van der Waals surface area contributed by atoms with Crippen molar-refractivity contribution in [3.05, 3.63) is 65.6 Å². The molecule has 21 heavy (non-hydrogen) atoms. The van der Waals surface area contributed by atoms with Crippen molar-refractivity contribution >= 4 is 11.3 Å². The molecule has 0 saturated heterocycles. The third-order valence-corrected chi connectivity index (χ3v) is 4.54. The van der Waals surface area contributed by atoms with Crippen molar-refractivity contribution in [1.82, 2.24) is 4.98 Å². The van der Waals surface area contributed by atoms with E-state index in [1.54, 1.807) is 17.4 Å². The molecule has 106 valence electrons. The number of nitrogens with zero attached hydrogens (tertiary/aromatic N) is 1. The van der Waals surface area contributed by atoms with Crippen LogP contribution in [0, 0.1) is 12.7 Å². The van der Waals surface area contributed by atoms with Crippen molar-refractivity contribution in [2.75, 3.05) is 0 Å². The lowest BCUT2D eigenvalue weighted by Crippen LogP contribution is -1.98. The molecule has 0 saturated carbocycles. The highest BCUT2D eigenvalue weighted by Gasteiger charge is 2.14. The van der Waals surface area contributed by atoms with E-state index in [1.165, 1.54) is 12.1 Å². The lowest BCUT2D eigenvalue weighted by Gasteiger charge is -2.01. The average molecular weight is 298 g/mol. The van der Waals surface area contributed by atoms with Crippen LogP contribution in [0.1, 0.15) is 11.3 Å². The molecule has 2 N–H and O–H groups in total. The second-order valence-corrected chi connectivity index (χ2v) is 5.82. The average Bonchev–Trinajstić information content (AvgIpc) is 2.94. The predicted octanol–water partition coefficient (Wildman–Crippen LogP) is 4.38. The monoisotopic (exact) mass is 298 g/mol. The van der Waals surface area contributed by atoms with Crippen LogP contribution in [0.4, 0.5) is 4.39 Å². The summed E-state index contributed by atoms with van der Waals surface area (Å²) in [5, 5.41) is 0.811. The molecular formula is C17H15FN2S. The number of hydrogen-bond donors (Lipinski definition) is 1. The number of aryl methyl sites for hydroxylation is 1. The molecule has 0 aliphatic rings. The van der Waals surface area contributed by atoms with Gasteiger partial charge in [-0.25, -0.2) is 9.37 Å². The minimum atomic E-state index is -0.249. The second kappa shape index (κ2) is 5.76. The van der Waals surface area contributed by atoms with Crippen LogP contribution in [0.2, 0.25) is 0 Å². The zero-order valence-corrected chi connectivity index (χ0v) is 12.5. The van der Waals surface area contributed by atoms with E-state index in [4.69, 9.17) is 5.73 Å². The summed E-state index contributed by atoms with van der Waals surface area (Å²) < 4.78 is 13.5. The number of halogens is 1. The summed E-state index contributed by atoms with van der Waals surface area (Å²) in [5.41, 5.74) is 9.60. The molecule has 0 fully saturated rings. The van der Waals surface area contributed by atoms with Crippen LogP contribution in [-0.4, -0.2) is 4.98 Å². The van der Waals surface area contributed by atoms with E-state index in [-0.39, 0.29) is 5.82 Å². The van der Waals surface area contributed by atoms with Crippen molar-refractivity contribution in [3.8, 4) is 21.0 Å². The number of hydrogen-bond acceptors (Lipinski definition) is 3. The molecule has 0 bridgehead atoms. The third kappa shape index (κ3) is 2.73. The van der Waals surface area contributed by atoms with E-state index >= 15 is 0 Å². The topological polar surface area (TPSA) is 38.9 Å². The highest BCUT2D eigenvalue weighted by atomic mass is 32.1. The maximum absolute atomic E-state index is 13.5. The summed E-state index contributed by atoms with van der Waals surface area (Å²) in [6, 6.07) is 14.8. The van der Waals surface area contributed by atoms with Crippen molar-refractivity contribution in [2.24, 2.45) is 5.73 Å². The Bertz CT molecular complexity index is 766. The number of aromatic nitrogens is 1. The standard InChI is InChI=1S/C17H15FN2S/c1-11-7-8-13(18)9-14(11)17-20-15(10-19)16(21-17)12-5-3-2-4-6-12/h2-9H,10,19H2,1H3. The molecule has 0 aliphatic heterocycles. The van der Waals surface area contributed by atoms with E-state index in [0.29, 0.717) is 6.54 Å². The minimum absolute atomic E-state index is 0.249. The molecule has 0 atom stereocenters. The maximum Gasteiger partial charge on any atom is 0.124 e. The molecule has 0 spiro atoms. The Morgan fingerprint density at radius 1 is 1.14 bits per heavy atom. The molecule has 2 aromatic carbocycles. The van der Waals surface area contributed by atoms with Gasteiger partial charge in [0.05, 0.1) is 10.6 Å². The van der Waals surface area contributed by atoms with E-state index in [9.17, 15) is 4.39 Å². The summed E-state index contributed by atoms with van der Waals surface area (Å²) in [6.07, 6.45) is 0. The number of thiazole rings is 1. The van der Waals surface area contributed by atoms with Gasteiger partial charge in [-0.3, -0.25) is 0 Å². The summed E-state index contributed by atoms with van der Waals surface area (Å²) in [5.74, 6) is -0.249. The lowest BCUT2D eigenvalue weighted by atomic mass is 10.1. The first-order valence-corrected chi connectivity index (χ1v) is 7.52. The van der Waals surface area contributed by atoms with Crippen LogP contribution >= 0.6 is 11.3 Å². The van der Waals surface area contributed by atoms with E-state index in [1.807, 2.05) is 37.3 Å². The zero-order chi connectivity index (χ0) is 14.8. The fraction of sp³-hybridized carbons (Fsp3) is 0.118. The Hall–Kier alpha value is -2.04. The Morgan fingerprint density at radius 2 is 1.90 bits per heavy atom. The highest BCUT2D eigenvalue weighted by molar-refractivity contribution is 7.18. The zero-order valence-electron chi connectivity index (χ0n) is 11.6. The van der Waals surface area contributed by atoms with Crippen molar-refractivity contribution < 1.29 is 4.39 Å². The smallest absolute Gasteiger partial charge is 0.124 e. The third-order valence-electron chi connectivity index (χ3n) is 3.36. The molecule has 1 aromatic heterocycles. The molecule has 3 aromatic rings. The van der Waals surface area contributed by atoms with Gasteiger partial charge in [0, 0.05) is 12.1 Å². The Kier molecular flexibility index (Phi) is 3.82. The first kappa shape index (κ1) is 13.9. The molecule has 4 heteroatoms. The molecule has 0 radical (unpaired) electrons. The van der Waals surface area contributed by atoms with Crippen molar-refractivity contribution in [2.45, 2.75) is 13.5 Å². The van der Waals surface area contributed by atoms with Crippen LogP contribution in [0.3, 0.4) is 0 Å². The van der Waals surface area contributed by atoms with Gasteiger partial charge >= 0.3 is 0 Å². The maximum atomic E-state index is 13.5. The lowest BCUT2D eigenvalue weighted by molar-refractivity contribution is 0.628. The Labute approximate surface area is 127 Å². The van der Waals surface area contributed by atoms with E-state index < -0.39 is 0 Å². The molecule has 1 heterocycles. The number of nitrogens with two attached hydrogens (primary N) is 1. The van der Waals surface area contributed by atoms with Crippen molar-refractivity contribution in [1.29, 1.82) is 0 Å². The van der Waals surface area contributed by atoms with Gasteiger partial charge in [0.25, 0.3) is 0 Å². The first-order chi connectivity index (χ1) is 10.2. The SMILES string of the molecule is Cc1ccc(F)cc1-c1nc(CN)c(-c2ccccc2)s1. The number of benzene rings is 2. The van der Waals surface area contributed by atoms with Gasteiger partial charge in [0.15, 0.2) is 0 Å². The normalized spacial score (nSPS) is 10.8. The molecule has 0 amide bonds. The van der Waals surface area contributed by atoms with Gasteiger partial charge in [0.1, 0.15) is 10.8 Å². The molecule has 0 unspecified atom stereocenters. The molecule has 0 aliphatic carbocycles. The van der Waals surface area contributed by atoms with Crippen molar-refractivity contribution in [3.63, 3.8) is 0 Å². The first-order valence-electron chi connectivity index (χ1n) is 6.70. The van der Waals surface area contributed by atoms with Gasteiger partial charge in [-0.05, 0) is 30.2 Å². The quantitative estimate of drug-likeness (QED) is 0.779. The summed E-state index contributed by atoms with van der Waals surface area (Å²) in [6.45, 7) is 2.33. The van der Waals surface area contributed by atoms with Gasteiger partial charge < -0.3 is 5.73 Å². The number of rotatable bonds is 3. The van der Waals surface area contributed by atoms with Gasteiger partial charge in [-0.2, -0.15) is 0 Å². The van der Waals surface area contributed by atoms with Crippen LogP contribution in [0.25, 0.3) is 21.0 Å². The predicted molar refractivity (Wildman–Crippen MR) is 85.6 cm³/mol. The molecule has 2 nitrogen and oxygen atoms in total. The van der Waals surface area contributed by atoms with Crippen LogP contribution in [0.15, 0.2) is 48.5 Å². The summed E-state index contributed by atoms with van der Waals surface area (Å²) >= 11 is 1.56. The van der Waals surface area contributed by atoms with E-state index in [2.05, 4.69) is 4.98 Å². The largest absolute Gasteiger partial charge is 0.325 e. The van der Waals surface area contributed by atoms with Gasteiger partial charge in [-0.15, -0.1) is 11.3 Å². The fourth-order valence-corrected chi connectivity index (χ4v) is 3.42. The highest BCUT2D eigenvalue weighted by Crippen LogP contribution is 2.36. The fourth-order valence-electron chi connectivity index (χ4n) is 2.24.